The van der Waals surface area contributed by atoms with Crippen LogP contribution in [0.25, 0.3) is 101 Å². The van der Waals surface area contributed by atoms with Gasteiger partial charge in [-0.2, -0.15) is 0 Å². The van der Waals surface area contributed by atoms with Crippen molar-refractivity contribution in [2.75, 3.05) is 4.90 Å². The topological polar surface area (TPSA) is 55.1 Å². The van der Waals surface area contributed by atoms with E-state index in [1.165, 1.54) is 55.6 Å². The van der Waals surface area contributed by atoms with Gasteiger partial charge in [0.2, 0.25) is 0 Å². The highest BCUT2D eigenvalue weighted by molar-refractivity contribution is 6.13. The van der Waals surface area contributed by atoms with Gasteiger partial charge in [0, 0.05) is 44.4 Å². The van der Waals surface area contributed by atoms with Crippen molar-refractivity contribution < 1.29 is 4.42 Å². The number of hydrogen-bond acceptors (Lipinski definition) is 5. The summed E-state index contributed by atoms with van der Waals surface area (Å²) in [4.78, 5) is 17.7. The zero-order chi connectivity index (χ0) is 49.5. The zero-order valence-corrected chi connectivity index (χ0v) is 40.6. The van der Waals surface area contributed by atoms with Crippen LogP contribution in [0.1, 0.15) is 22.3 Å². The largest absolute Gasteiger partial charge is 0.456 e. The Morgan fingerprint density at radius 1 is 0.307 bits per heavy atom. The standard InChI is InChI=1S/C70H44N4O/c1-4-18-45(19-5-1)46-34-39-51(40-35-46)74(62-32-17-31-61-66(62)55-26-12-15-30-60(55)70(61)58-28-13-10-24-53(58)54-25-11-14-29-59(54)70)52-41-36-47(37-42-52)50-38-43-63-57(44-50)65-56(27-16-33-64(65)75-63)69-72-67(48-20-6-2-7-21-48)71-68(73-69)49-22-8-3-9-23-49/h1-44H. The van der Waals surface area contributed by atoms with Crippen molar-refractivity contribution in [2.45, 2.75) is 5.41 Å². The molecule has 2 aliphatic carbocycles. The Labute approximate surface area is 434 Å². The molecule has 0 aliphatic heterocycles. The van der Waals surface area contributed by atoms with Crippen molar-refractivity contribution in [3.05, 3.63) is 289 Å². The van der Waals surface area contributed by atoms with Crippen molar-refractivity contribution in [2.24, 2.45) is 0 Å². The van der Waals surface area contributed by atoms with E-state index < -0.39 is 5.41 Å². The third-order valence-corrected chi connectivity index (χ3v) is 15.4. The maximum absolute atomic E-state index is 6.58. The fourth-order valence-electron chi connectivity index (χ4n) is 12.1. The SMILES string of the molecule is c1ccc(-c2ccc(N(c3ccc(-c4ccc5oc6cccc(-c7nc(-c8ccccc8)nc(-c8ccccc8)n7)c6c5c4)cc3)c3cccc4c3-c3ccccc3C43c4ccccc4-c4ccccc43)cc2)cc1. The molecule has 2 aromatic heterocycles. The monoisotopic (exact) mass is 956 g/mol. The highest BCUT2D eigenvalue weighted by atomic mass is 16.3. The molecule has 0 fully saturated rings. The van der Waals surface area contributed by atoms with Gasteiger partial charge < -0.3 is 9.32 Å². The lowest BCUT2D eigenvalue weighted by Gasteiger charge is -2.32. The van der Waals surface area contributed by atoms with E-state index in [2.05, 4.69) is 199 Å². The number of anilines is 3. The Morgan fingerprint density at radius 3 is 1.35 bits per heavy atom. The van der Waals surface area contributed by atoms with E-state index in [1.54, 1.807) is 0 Å². The molecule has 0 bridgehead atoms. The van der Waals surface area contributed by atoms with Gasteiger partial charge in [0.1, 0.15) is 11.2 Å². The Morgan fingerprint density at radius 2 is 0.747 bits per heavy atom. The summed E-state index contributed by atoms with van der Waals surface area (Å²) in [5.41, 5.74) is 22.0. The van der Waals surface area contributed by atoms with Gasteiger partial charge in [0.05, 0.1) is 11.1 Å². The van der Waals surface area contributed by atoms with E-state index in [-0.39, 0.29) is 0 Å². The average Bonchev–Trinajstić information content (AvgIpc) is 4.23. The summed E-state index contributed by atoms with van der Waals surface area (Å²) in [7, 11) is 0. The molecule has 0 saturated carbocycles. The van der Waals surface area contributed by atoms with Crippen LogP contribution in [0.2, 0.25) is 0 Å². The molecule has 1 spiro atoms. The summed E-state index contributed by atoms with van der Waals surface area (Å²) in [6.45, 7) is 0. The second-order valence-corrected chi connectivity index (χ2v) is 19.4. The number of rotatable bonds is 8. The van der Waals surface area contributed by atoms with Crippen LogP contribution in [0.3, 0.4) is 0 Å². The molecule has 350 valence electrons. The highest BCUT2D eigenvalue weighted by Crippen LogP contribution is 2.64. The van der Waals surface area contributed by atoms with E-state index in [1.807, 2.05) is 72.8 Å². The quantitative estimate of drug-likeness (QED) is 0.152. The van der Waals surface area contributed by atoms with E-state index in [0.717, 1.165) is 66.8 Å². The van der Waals surface area contributed by atoms with Crippen molar-refractivity contribution in [3.63, 3.8) is 0 Å². The van der Waals surface area contributed by atoms with Crippen LogP contribution in [0, 0.1) is 0 Å². The molecule has 75 heavy (non-hydrogen) atoms. The first kappa shape index (κ1) is 42.7. The molecular formula is C70H44N4O. The fraction of sp³-hybridized carbons (Fsp3) is 0.0143. The second-order valence-electron chi connectivity index (χ2n) is 19.4. The van der Waals surface area contributed by atoms with Gasteiger partial charge in [0.25, 0.3) is 0 Å². The molecule has 2 heterocycles. The Hall–Kier alpha value is -9.97. The molecule has 15 rings (SSSR count). The number of aromatic nitrogens is 3. The number of nitrogens with zero attached hydrogens (tertiary/aromatic N) is 4. The van der Waals surface area contributed by atoms with Crippen LogP contribution in [-0.2, 0) is 5.41 Å². The maximum atomic E-state index is 6.58. The normalized spacial score (nSPS) is 12.6. The lowest BCUT2D eigenvalue weighted by atomic mass is 9.70. The Kier molecular flexibility index (Phi) is 9.72. The van der Waals surface area contributed by atoms with Crippen molar-refractivity contribution in [3.8, 4) is 78.7 Å². The summed E-state index contributed by atoms with van der Waals surface area (Å²) in [6, 6.07) is 95.4. The fourth-order valence-corrected chi connectivity index (χ4v) is 12.1. The molecule has 5 heteroatoms. The molecule has 2 aliphatic rings. The molecular weight excluding hydrogens is 913 g/mol. The first-order chi connectivity index (χ1) is 37.2. The molecule has 11 aromatic carbocycles. The van der Waals surface area contributed by atoms with Gasteiger partial charge in [-0.05, 0) is 110 Å². The summed E-state index contributed by atoms with van der Waals surface area (Å²) >= 11 is 0. The highest BCUT2D eigenvalue weighted by Gasteiger charge is 2.52. The number of benzene rings is 11. The molecule has 0 atom stereocenters. The van der Waals surface area contributed by atoms with E-state index >= 15 is 0 Å². The van der Waals surface area contributed by atoms with Crippen LogP contribution >= 0.6 is 0 Å². The van der Waals surface area contributed by atoms with Gasteiger partial charge in [-0.3, -0.25) is 0 Å². The minimum atomic E-state index is -0.463. The van der Waals surface area contributed by atoms with Crippen LogP contribution < -0.4 is 4.90 Å². The minimum Gasteiger partial charge on any atom is -0.456 e. The zero-order valence-electron chi connectivity index (χ0n) is 40.6. The smallest absolute Gasteiger partial charge is 0.164 e. The second kappa shape index (κ2) is 17.1. The summed E-state index contributed by atoms with van der Waals surface area (Å²) < 4.78 is 6.58. The Balaban J connectivity index is 0.876. The van der Waals surface area contributed by atoms with E-state index in [0.29, 0.717) is 17.5 Å². The third kappa shape index (κ3) is 6.68. The first-order valence-corrected chi connectivity index (χ1v) is 25.5. The van der Waals surface area contributed by atoms with Gasteiger partial charge in [-0.15, -0.1) is 0 Å². The molecule has 0 amide bonds. The summed E-state index contributed by atoms with van der Waals surface area (Å²) in [5, 5.41) is 1.96. The number of furan rings is 1. The molecule has 0 unspecified atom stereocenters. The summed E-state index contributed by atoms with van der Waals surface area (Å²) in [6.07, 6.45) is 0. The lowest BCUT2D eigenvalue weighted by molar-refractivity contribution is 0.669. The van der Waals surface area contributed by atoms with Crippen LogP contribution in [0.4, 0.5) is 17.1 Å². The third-order valence-electron chi connectivity index (χ3n) is 15.4. The van der Waals surface area contributed by atoms with Gasteiger partial charge in [-0.1, -0.05) is 218 Å². The molecule has 0 N–H and O–H groups in total. The molecule has 0 radical (unpaired) electrons. The summed E-state index contributed by atoms with van der Waals surface area (Å²) in [5.74, 6) is 1.82. The first-order valence-electron chi connectivity index (χ1n) is 25.5. The molecule has 5 nitrogen and oxygen atoms in total. The average molecular weight is 957 g/mol. The van der Waals surface area contributed by atoms with Crippen LogP contribution in [0.15, 0.2) is 271 Å². The van der Waals surface area contributed by atoms with Gasteiger partial charge >= 0.3 is 0 Å². The Bertz CT molecular complexity index is 4240. The predicted octanol–water partition coefficient (Wildman–Crippen LogP) is 17.9. The predicted molar refractivity (Wildman–Crippen MR) is 305 cm³/mol. The lowest BCUT2D eigenvalue weighted by Crippen LogP contribution is -2.26. The minimum absolute atomic E-state index is 0.463. The molecule has 13 aromatic rings. The van der Waals surface area contributed by atoms with Crippen molar-refractivity contribution >= 4 is 39.0 Å². The van der Waals surface area contributed by atoms with Gasteiger partial charge in [0.15, 0.2) is 17.5 Å². The van der Waals surface area contributed by atoms with Crippen LogP contribution in [-0.4, -0.2) is 15.0 Å². The van der Waals surface area contributed by atoms with E-state index in [9.17, 15) is 0 Å². The van der Waals surface area contributed by atoms with Crippen molar-refractivity contribution in [1.29, 1.82) is 0 Å². The number of fused-ring (bicyclic) bond motifs is 13. The van der Waals surface area contributed by atoms with Gasteiger partial charge in [-0.25, -0.2) is 15.0 Å². The van der Waals surface area contributed by atoms with E-state index in [4.69, 9.17) is 19.4 Å². The van der Waals surface area contributed by atoms with Crippen molar-refractivity contribution in [1.82, 2.24) is 15.0 Å². The molecule has 0 saturated heterocycles. The number of hydrogen-bond donors (Lipinski definition) is 0. The van der Waals surface area contributed by atoms with Crippen LogP contribution in [0.5, 0.6) is 0 Å². The maximum Gasteiger partial charge on any atom is 0.164 e.